The van der Waals surface area contributed by atoms with Gasteiger partial charge in [0, 0.05) is 45.3 Å². The Bertz CT molecular complexity index is 477. The zero-order valence-corrected chi connectivity index (χ0v) is 14.5. The molecule has 23 heavy (non-hydrogen) atoms. The molecule has 0 bridgehead atoms. The molecular weight excluding hydrogens is 286 g/mol. The number of benzene rings is 1. The van der Waals surface area contributed by atoms with Crippen LogP contribution >= 0.6 is 0 Å². The summed E-state index contributed by atoms with van der Waals surface area (Å²) in [4.78, 5) is 7.66. The molecule has 2 saturated heterocycles. The van der Waals surface area contributed by atoms with Crippen molar-refractivity contribution in [3.8, 4) is 0 Å². The summed E-state index contributed by atoms with van der Waals surface area (Å²) in [6.07, 6.45) is 2.59. The Labute approximate surface area is 140 Å². The van der Waals surface area contributed by atoms with Crippen LogP contribution in [-0.2, 0) is 6.54 Å². The fraction of sp³-hybridized carbons (Fsp3) is 0.684. The molecule has 0 amide bonds. The maximum atomic E-state index is 9.04. The summed E-state index contributed by atoms with van der Waals surface area (Å²) in [6, 6.07) is 9.67. The molecule has 4 nitrogen and oxygen atoms in total. The highest BCUT2D eigenvalue weighted by Crippen LogP contribution is 2.20. The molecule has 0 spiro atoms. The number of hydrogen-bond acceptors (Lipinski definition) is 4. The Morgan fingerprint density at radius 3 is 2.39 bits per heavy atom. The topological polar surface area (TPSA) is 30.0 Å². The molecule has 0 atom stereocenters. The van der Waals surface area contributed by atoms with E-state index in [4.69, 9.17) is 5.11 Å². The Morgan fingerprint density at radius 2 is 1.74 bits per heavy atom. The molecule has 4 heteroatoms. The molecule has 2 fully saturated rings. The van der Waals surface area contributed by atoms with Gasteiger partial charge in [0.2, 0.25) is 0 Å². The van der Waals surface area contributed by atoms with Crippen molar-refractivity contribution in [2.24, 2.45) is 0 Å². The van der Waals surface area contributed by atoms with Crippen LogP contribution in [0.3, 0.4) is 0 Å². The van der Waals surface area contributed by atoms with Gasteiger partial charge in [-0.1, -0.05) is 29.8 Å². The van der Waals surface area contributed by atoms with E-state index >= 15 is 0 Å². The maximum absolute atomic E-state index is 9.04. The smallest absolute Gasteiger partial charge is 0.0558 e. The molecule has 1 aromatic carbocycles. The van der Waals surface area contributed by atoms with Gasteiger partial charge in [0.15, 0.2) is 0 Å². The van der Waals surface area contributed by atoms with Crippen molar-refractivity contribution in [3.05, 3.63) is 35.4 Å². The second kappa shape index (κ2) is 8.25. The number of piperazine rings is 1. The quantitative estimate of drug-likeness (QED) is 0.893. The van der Waals surface area contributed by atoms with Gasteiger partial charge in [-0.25, -0.2) is 0 Å². The van der Waals surface area contributed by atoms with E-state index in [-0.39, 0.29) is 6.61 Å². The summed E-state index contributed by atoms with van der Waals surface area (Å²) in [5.41, 5.74) is 2.80. The first-order valence-corrected chi connectivity index (χ1v) is 9.10. The lowest BCUT2D eigenvalue weighted by Crippen LogP contribution is -2.53. The summed E-state index contributed by atoms with van der Waals surface area (Å²) < 4.78 is 0. The number of piperidine rings is 1. The zero-order valence-electron chi connectivity index (χ0n) is 14.5. The molecule has 1 aromatic rings. The second-order valence-corrected chi connectivity index (χ2v) is 7.10. The Balaban J connectivity index is 1.42. The SMILES string of the molecule is Cc1cccc(CN2CCC(N3CCN(CCO)CC3)CC2)c1. The van der Waals surface area contributed by atoms with E-state index in [1.807, 2.05) is 0 Å². The summed E-state index contributed by atoms with van der Waals surface area (Å²) in [7, 11) is 0. The summed E-state index contributed by atoms with van der Waals surface area (Å²) in [5.74, 6) is 0. The molecule has 2 aliphatic heterocycles. The predicted molar refractivity (Wildman–Crippen MR) is 94.6 cm³/mol. The lowest BCUT2D eigenvalue weighted by molar-refractivity contribution is 0.0516. The van der Waals surface area contributed by atoms with Crippen LogP contribution in [-0.4, -0.2) is 78.3 Å². The van der Waals surface area contributed by atoms with Crippen LogP contribution in [0, 0.1) is 6.92 Å². The van der Waals surface area contributed by atoms with Gasteiger partial charge in [-0.15, -0.1) is 0 Å². The van der Waals surface area contributed by atoms with Gasteiger partial charge in [-0.2, -0.15) is 0 Å². The largest absolute Gasteiger partial charge is 0.395 e. The number of aliphatic hydroxyl groups excluding tert-OH is 1. The Kier molecular flexibility index (Phi) is 6.06. The van der Waals surface area contributed by atoms with Crippen molar-refractivity contribution in [1.82, 2.24) is 14.7 Å². The van der Waals surface area contributed by atoms with Crippen LogP contribution in [0.2, 0.25) is 0 Å². The summed E-state index contributed by atoms with van der Waals surface area (Å²) in [5, 5.41) is 9.04. The fourth-order valence-corrected chi connectivity index (χ4v) is 4.00. The van der Waals surface area contributed by atoms with Gasteiger partial charge in [0.1, 0.15) is 0 Å². The highest BCUT2D eigenvalue weighted by Gasteiger charge is 2.27. The number of hydrogen-bond donors (Lipinski definition) is 1. The minimum absolute atomic E-state index is 0.289. The number of likely N-dealkylation sites (tertiary alicyclic amines) is 1. The van der Waals surface area contributed by atoms with Gasteiger partial charge >= 0.3 is 0 Å². The van der Waals surface area contributed by atoms with Crippen LogP contribution in [0.4, 0.5) is 0 Å². The molecule has 0 saturated carbocycles. The van der Waals surface area contributed by atoms with E-state index in [1.54, 1.807) is 0 Å². The van der Waals surface area contributed by atoms with Crippen LogP contribution in [0.15, 0.2) is 24.3 Å². The van der Waals surface area contributed by atoms with Crippen LogP contribution in [0.25, 0.3) is 0 Å². The van der Waals surface area contributed by atoms with Crippen molar-refractivity contribution in [2.45, 2.75) is 32.4 Å². The molecule has 128 valence electrons. The normalized spacial score (nSPS) is 22.5. The van der Waals surface area contributed by atoms with Crippen LogP contribution < -0.4 is 0 Å². The van der Waals surface area contributed by atoms with E-state index < -0.39 is 0 Å². The third kappa shape index (κ3) is 4.77. The minimum atomic E-state index is 0.289. The molecule has 0 unspecified atom stereocenters. The number of aryl methyl sites for hydroxylation is 1. The van der Waals surface area contributed by atoms with Gasteiger partial charge in [0.05, 0.1) is 6.61 Å². The number of nitrogens with zero attached hydrogens (tertiary/aromatic N) is 3. The lowest BCUT2D eigenvalue weighted by atomic mass is 10.0. The number of aliphatic hydroxyl groups is 1. The van der Waals surface area contributed by atoms with Gasteiger partial charge in [0.25, 0.3) is 0 Å². The molecule has 2 aliphatic rings. The third-order valence-electron chi connectivity index (χ3n) is 5.39. The van der Waals surface area contributed by atoms with E-state index in [2.05, 4.69) is 45.9 Å². The standard InChI is InChI=1S/C19H31N3O/c1-17-3-2-4-18(15-17)16-21-7-5-19(6-8-21)22-11-9-20(10-12-22)13-14-23/h2-4,15,19,23H,5-14,16H2,1H3. The molecule has 1 N–H and O–H groups in total. The van der Waals surface area contributed by atoms with Gasteiger partial charge < -0.3 is 5.11 Å². The van der Waals surface area contributed by atoms with Crippen LogP contribution in [0.1, 0.15) is 24.0 Å². The first-order valence-electron chi connectivity index (χ1n) is 9.10. The molecular formula is C19H31N3O. The average molecular weight is 317 g/mol. The molecule has 0 aliphatic carbocycles. The molecule has 2 heterocycles. The predicted octanol–water partition coefficient (Wildman–Crippen LogP) is 1.57. The van der Waals surface area contributed by atoms with Crippen molar-refractivity contribution >= 4 is 0 Å². The number of β-amino-alcohol motifs (C(OH)–C–C–N with tert-alkyl or cyclic N) is 1. The van der Waals surface area contributed by atoms with Gasteiger partial charge in [-0.05, 0) is 38.4 Å². The molecule has 3 rings (SSSR count). The molecule has 0 aromatic heterocycles. The Morgan fingerprint density at radius 1 is 1.00 bits per heavy atom. The first-order chi connectivity index (χ1) is 11.2. The van der Waals surface area contributed by atoms with E-state index in [0.717, 1.165) is 32.2 Å². The number of rotatable bonds is 5. The monoisotopic (exact) mass is 317 g/mol. The van der Waals surface area contributed by atoms with E-state index in [1.165, 1.54) is 50.1 Å². The average Bonchev–Trinajstić information content (AvgIpc) is 2.57. The fourth-order valence-electron chi connectivity index (χ4n) is 4.00. The van der Waals surface area contributed by atoms with E-state index in [9.17, 15) is 0 Å². The first kappa shape index (κ1) is 16.9. The van der Waals surface area contributed by atoms with Crippen molar-refractivity contribution in [3.63, 3.8) is 0 Å². The minimum Gasteiger partial charge on any atom is -0.395 e. The van der Waals surface area contributed by atoms with Crippen molar-refractivity contribution in [2.75, 3.05) is 52.4 Å². The highest BCUT2D eigenvalue weighted by molar-refractivity contribution is 5.22. The second-order valence-electron chi connectivity index (χ2n) is 7.10. The third-order valence-corrected chi connectivity index (χ3v) is 5.39. The molecule has 0 radical (unpaired) electrons. The van der Waals surface area contributed by atoms with Crippen molar-refractivity contribution < 1.29 is 5.11 Å². The van der Waals surface area contributed by atoms with Gasteiger partial charge in [-0.3, -0.25) is 14.7 Å². The van der Waals surface area contributed by atoms with Crippen molar-refractivity contribution in [1.29, 1.82) is 0 Å². The zero-order chi connectivity index (χ0) is 16.1. The van der Waals surface area contributed by atoms with E-state index in [0.29, 0.717) is 0 Å². The van der Waals surface area contributed by atoms with Crippen LogP contribution in [0.5, 0.6) is 0 Å². The lowest BCUT2D eigenvalue weighted by Gasteiger charge is -2.42. The summed E-state index contributed by atoms with van der Waals surface area (Å²) in [6.45, 7) is 11.4. The highest BCUT2D eigenvalue weighted by atomic mass is 16.3. The summed E-state index contributed by atoms with van der Waals surface area (Å²) >= 11 is 0. The Hall–Kier alpha value is -0.940. The maximum Gasteiger partial charge on any atom is 0.0558 e.